The molecule has 33 heavy (non-hydrogen) atoms. The molecule has 1 atom stereocenters. The Hall–Kier alpha value is -4.13. The van der Waals surface area contributed by atoms with E-state index in [-0.39, 0.29) is 23.8 Å². The molecule has 7 nitrogen and oxygen atoms in total. The Bertz CT molecular complexity index is 1270. The lowest BCUT2D eigenvalue weighted by Gasteiger charge is -2.35. The smallest absolute Gasteiger partial charge is 0.416 e. The molecule has 0 fully saturated rings. The van der Waals surface area contributed by atoms with Gasteiger partial charge in [-0.3, -0.25) is 4.90 Å². The molecule has 0 N–H and O–H groups in total. The third-order valence-electron chi connectivity index (χ3n) is 5.28. The van der Waals surface area contributed by atoms with Gasteiger partial charge in [-0.2, -0.15) is 28.5 Å². The van der Waals surface area contributed by atoms with Crippen LogP contribution in [0.5, 0.6) is 0 Å². The van der Waals surface area contributed by atoms with E-state index in [1.54, 1.807) is 38.1 Å². The third-order valence-corrected chi connectivity index (χ3v) is 5.28. The minimum atomic E-state index is -4.54. The van der Waals surface area contributed by atoms with E-state index in [1.807, 2.05) is 6.07 Å². The molecule has 10 heteroatoms. The summed E-state index contributed by atoms with van der Waals surface area (Å²) in [6.45, 7) is 3.41. The van der Waals surface area contributed by atoms with Gasteiger partial charge in [0.2, 0.25) is 5.95 Å². The number of hydrogen-bond acceptors (Lipinski definition) is 6. The summed E-state index contributed by atoms with van der Waals surface area (Å²) in [5.41, 5.74) is 1.01. The normalized spacial score (nSPS) is 15.8. The van der Waals surface area contributed by atoms with Crippen LogP contribution in [0.4, 0.5) is 24.8 Å². The van der Waals surface area contributed by atoms with E-state index in [9.17, 15) is 18.0 Å². The fourth-order valence-electron chi connectivity index (χ4n) is 3.82. The molecule has 3 aromatic rings. The lowest BCUT2D eigenvalue weighted by Crippen LogP contribution is -2.34. The first-order valence-corrected chi connectivity index (χ1v) is 10.0. The van der Waals surface area contributed by atoms with E-state index < -0.39 is 23.8 Å². The van der Waals surface area contributed by atoms with Gasteiger partial charge in [0.05, 0.1) is 29.4 Å². The van der Waals surface area contributed by atoms with Crippen molar-refractivity contribution in [3.8, 4) is 6.07 Å². The third kappa shape index (κ3) is 3.93. The second-order valence-corrected chi connectivity index (χ2v) is 7.24. The van der Waals surface area contributed by atoms with Gasteiger partial charge in [0.1, 0.15) is 12.4 Å². The highest BCUT2D eigenvalue weighted by atomic mass is 19.4. The van der Waals surface area contributed by atoms with E-state index in [0.29, 0.717) is 16.8 Å². The molecular weight excluding hydrogens is 435 g/mol. The van der Waals surface area contributed by atoms with Crippen LogP contribution in [-0.4, -0.2) is 27.3 Å². The van der Waals surface area contributed by atoms with Crippen molar-refractivity contribution in [1.29, 1.82) is 5.26 Å². The molecule has 0 spiro atoms. The SMILES string of the molecule is CCOC(=O)C1=C(C)N(c2cccc(C(F)(F)F)c2)c2ncnn2C1c1ccc(C#N)cc1. The molecule has 0 amide bonds. The fraction of sp³-hybridized carbons (Fsp3) is 0.217. The number of esters is 1. The van der Waals surface area contributed by atoms with Gasteiger partial charge in [0, 0.05) is 11.4 Å². The van der Waals surface area contributed by atoms with Crippen molar-refractivity contribution < 1.29 is 22.7 Å². The van der Waals surface area contributed by atoms with Crippen molar-refractivity contribution in [2.45, 2.75) is 26.1 Å². The van der Waals surface area contributed by atoms with Gasteiger partial charge < -0.3 is 4.74 Å². The van der Waals surface area contributed by atoms with Crippen molar-refractivity contribution in [3.63, 3.8) is 0 Å². The predicted molar refractivity (Wildman–Crippen MR) is 112 cm³/mol. The zero-order valence-corrected chi connectivity index (χ0v) is 17.7. The Kier molecular flexibility index (Phi) is 5.64. The highest BCUT2D eigenvalue weighted by molar-refractivity contribution is 5.93. The van der Waals surface area contributed by atoms with Crippen molar-refractivity contribution in [2.24, 2.45) is 0 Å². The van der Waals surface area contributed by atoms with Crippen LogP contribution < -0.4 is 4.90 Å². The number of carbonyl (C=O) groups excluding carboxylic acids is 1. The maximum absolute atomic E-state index is 13.4. The van der Waals surface area contributed by atoms with Crippen molar-refractivity contribution in [2.75, 3.05) is 11.5 Å². The molecule has 2 heterocycles. The molecule has 0 saturated heterocycles. The van der Waals surface area contributed by atoms with Crippen molar-refractivity contribution in [3.05, 3.63) is 82.8 Å². The molecule has 0 saturated carbocycles. The fourth-order valence-corrected chi connectivity index (χ4v) is 3.82. The molecule has 1 unspecified atom stereocenters. The molecule has 0 aliphatic carbocycles. The summed E-state index contributed by atoms with van der Waals surface area (Å²) in [5.74, 6) is -0.378. The number of nitriles is 1. The largest absolute Gasteiger partial charge is 0.463 e. The van der Waals surface area contributed by atoms with E-state index in [4.69, 9.17) is 10.00 Å². The Morgan fingerprint density at radius 2 is 1.94 bits per heavy atom. The summed E-state index contributed by atoms with van der Waals surface area (Å²) in [5, 5.41) is 13.4. The summed E-state index contributed by atoms with van der Waals surface area (Å²) >= 11 is 0. The van der Waals surface area contributed by atoms with Gasteiger partial charge in [-0.05, 0) is 49.7 Å². The van der Waals surface area contributed by atoms with Crippen LogP contribution in [-0.2, 0) is 15.7 Å². The van der Waals surface area contributed by atoms with Gasteiger partial charge in [0.25, 0.3) is 0 Å². The number of hydrogen-bond donors (Lipinski definition) is 0. The number of alkyl halides is 3. The highest BCUT2D eigenvalue weighted by Crippen LogP contribution is 2.43. The van der Waals surface area contributed by atoms with Gasteiger partial charge in [-0.15, -0.1) is 0 Å². The van der Waals surface area contributed by atoms with Crippen LogP contribution >= 0.6 is 0 Å². The van der Waals surface area contributed by atoms with Gasteiger partial charge in [0.15, 0.2) is 0 Å². The predicted octanol–water partition coefficient (Wildman–Crippen LogP) is 4.75. The highest BCUT2D eigenvalue weighted by Gasteiger charge is 2.39. The molecule has 0 radical (unpaired) electrons. The number of allylic oxidation sites excluding steroid dienone is 1. The zero-order valence-electron chi connectivity index (χ0n) is 17.7. The quantitative estimate of drug-likeness (QED) is 0.531. The van der Waals surface area contributed by atoms with E-state index in [0.717, 1.165) is 12.1 Å². The maximum Gasteiger partial charge on any atom is 0.416 e. The standard InChI is InChI=1S/C23H18F3N5O2/c1-3-33-21(32)19-14(2)30(18-6-4-5-17(11-18)23(24,25)26)22-28-13-29-31(22)20(19)16-9-7-15(12-27)8-10-16/h4-11,13,20H,3H2,1-2H3. The molecule has 168 valence electrons. The van der Waals surface area contributed by atoms with Gasteiger partial charge in [-0.25, -0.2) is 9.48 Å². The summed E-state index contributed by atoms with van der Waals surface area (Å²) in [4.78, 5) is 18.8. The number of anilines is 2. The lowest BCUT2D eigenvalue weighted by molar-refractivity contribution is -0.139. The van der Waals surface area contributed by atoms with E-state index in [2.05, 4.69) is 10.1 Å². The second-order valence-electron chi connectivity index (χ2n) is 7.24. The van der Waals surface area contributed by atoms with Gasteiger partial charge >= 0.3 is 12.1 Å². The van der Waals surface area contributed by atoms with Crippen LogP contribution in [0.1, 0.15) is 36.6 Å². The van der Waals surface area contributed by atoms with Crippen LogP contribution in [0.2, 0.25) is 0 Å². The lowest BCUT2D eigenvalue weighted by atomic mass is 9.94. The Labute approximate surface area is 187 Å². The topological polar surface area (TPSA) is 84.0 Å². The van der Waals surface area contributed by atoms with Gasteiger partial charge in [-0.1, -0.05) is 18.2 Å². The summed E-state index contributed by atoms with van der Waals surface area (Å²) < 4.78 is 46.8. The summed E-state index contributed by atoms with van der Waals surface area (Å²) in [6, 6.07) is 12.7. The number of fused-ring (bicyclic) bond motifs is 1. The van der Waals surface area contributed by atoms with E-state index in [1.165, 1.54) is 28.0 Å². The first-order valence-electron chi connectivity index (χ1n) is 10.0. The molecule has 2 aromatic carbocycles. The molecule has 1 aliphatic rings. The first kappa shape index (κ1) is 22.1. The van der Waals surface area contributed by atoms with Crippen LogP contribution in [0.15, 0.2) is 66.1 Å². The monoisotopic (exact) mass is 453 g/mol. The number of carbonyl (C=O) groups is 1. The minimum Gasteiger partial charge on any atom is -0.463 e. The molecular formula is C23H18F3N5O2. The number of benzene rings is 2. The number of halogens is 3. The molecule has 1 aromatic heterocycles. The second kappa shape index (κ2) is 8.43. The Morgan fingerprint density at radius 3 is 2.58 bits per heavy atom. The Balaban J connectivity index is 1.93. The number of rotatable bonds is 4. The minimum absolute atomic E-state index is 0.115. The average Bonchev–Trinajstić information content (AvgIpc) is 3.27. The summed E-state index contributed by atoms with van der Waals surface area (Å²) in [7, 11) is 0. The number of nitrogens with zero attached hydrogens (tertiary/aromatic N) is 5. The Morgan fingerprint density at radius 1 is 1.21 bits per heavy atom. The van der Waals surface area contributed by atoms with Crippen molar-refractivity contribution >= 4 is 17.6 Å². The van der Waals surface area contributed by atoms with E-state index >= 15 is 0 Å². The number of ether oxygens (including phenoxy) is 1. The maximum atomic E-state index is 13.4. The molecule has 4 rings (SSSR count). The zero-order chi connectivity index (χ0) is 23.8. The van der Waals surface area contributed by atoms with Crippen LogP contribution in [0.3, 0.4) is 0 Å². The van der Waals surface area contributed by atoms with Crippen LogP contribution in [0.25, 0.3) is 0 Å². The van der Waals surface area contributed by atoms with Crippen molar-refractivity contribution in [1.82, 2.24) is 14.8 Å². The number of aromatic nitrogens is 3. The summed E-state index contributed by atoms with van der Waals surface area (Å²) in [6.07, 6.45) is -3.26. The average molecular weight is 453 g/mol. The molecule has 1 aliphatic heterocycles. The molecule has 0 bridgehead atoms. The first-order chi connectivity index (χ1) is 15.8. The van der Waals surface area contributed by atoms with Crippen LogP contribution in [0, 0.1) is 11.3 Å².